The zero-order valence-electron chi connectivity index (χ0n) is 10.4. The first-order valence-corrected chi connectivity index (χ1v) is 6.52. The van der Waals surface area contributed by atoms with E-state index in [-0.39, 0.29) is 0 Å². The third-order valence-electron chi connectivity index (χ3n) is 3.75. The summed E-state index contributed by atoms with van der Waals surface area (Å²) < 4.78 is 2.19. The first-order valence-electron chi connectivity index (χ1n) is 6.52. The van der Waals surface area contributed by atoms with Crippen molar-refractivity contribution < 1.29 is 0 Å². The largest absolute Gasteiger partial charge is 0.313 e. The lowest BCUT2D eigenvalue weighted by Crippen LogP contribution is -2.12. The molecule has 1 heterocycles. The molecule has 3 heteroatoms. The van der Waals surface area contributed by atoms with Crippen molar-refractivity contribution in [3.63, 3.8) is 0 Å². The zero-order chi connectivity index (χ0) is 11.4. The number of nitrogens with one attached hydrogen (secondary N) is 1. The summed E-state index contributed by atoms with van der Waals surface area (Å²) >= 11 is 0. The van der Waals surface area contributed by atoms with Gasteiger partial charge in [0.25, 0.3) is 0 Å². The molecule has 1 N–H and O–H groups in total. The van der Waals surface area contributed by atoms with Crippen LogP contribution in [0.1, 0.15) is 63.1 Å². The predicted octanol–water partition coefficient (Wildman–Crippen LogP) is 3.06. The predicted molar refractivity (Wildman–Crippen MR) is 66.4 cm³/mol. The van der Waals surface area contributed by atoms with Crippen molar-refractivity contribution in [2.45, 2.75) is 57.5 Å². The van der Waals surface area contributed by atoms with Crippen LogP contribution in [0.5, 0.6) is 0 Å². The van der Waals surface area contributed by atoms with Crippen molar-refractivity contribution in [2.24, 2.45) is 0 Å². The highest BCUT2D eigenvalue weighted by molar-refractivity contribution is 5.09. The van der Waals surface area contributed by atoms with Gasteiger partial charge >= 0.3 is 0 Å². The summed E-state index contributed by atoms with van der Waals surface area (Å²) in [6.45, 7) is 2.18. The summed E-state index contributed by atoms with van der Waals surface area (Å²) in [5.74, 6) is 0. The van der Waals surface area contributed by atoms with Gasteiger partial charge in [0.1, 0.15) is 0 Å². The fourth-order valence-corrected chi connectivity index (χ4v) is 2.47. The van der Waals surface area contributed by atoms with Crippen LogP contribution in [0.25, 0.3) is 0 Å². The molecule has 0 aliphatic heterocycles. The van der Waals surface area contributed by atoms with Crippen molar-refractivity contribution >= 4 is 0 Å². The standard InChI is InChI=1S/C13H23N3/c1-11(14-2)12-9-15-16(10-12)13-7-5-3-4-6-8-13/h9-11,13-14H,3-8H2,1-2H3. The molecule has 0 bridgehead atoms. The third-order valence-corrected chi connectivity index (χ3v) is 3.75. The Morgan fingerprint density at radius 3 is 2.62 bits per heavy atom. The van der Waals surface area contributed by atoms with Gasteiger partial charge in [-0.15, -0.1) is 0 Å². The van der Waals surface area contributed by atoms with Crippen molar-refractivity contribution in [3.8, 4) is 0 Å². The summed E-state index contributed by atoms with van der Waals surface area (Å²) in [5, 5.41) is 7.78. The molecule has 0 radical (unpaired) electrons. The molecule has 3 nitrogen and oxygen atoms in total. The summed E-state index contributed by atoms with van der Waals surface area (Å²) in [6.07, 6.45) is 12.4. The first-order chi connectivity index (χ1) is 7.81. The fraction of sp³-hybridized carbons (Fsp3) is 0.769. The number of hydrogen-bond acceptors (Lipinski definition) is 2. The van der Waals surface area contributed by atoms with Crippen LogP contribution in [0.4, 0.5) is 0 Å². The van der Waals surface area contributed by atoms with Gasteiger partial charge in [0, 0.05) is 17.8 Å². The minimum absolute atomic E-state index is 0.402. The Morgan fingerprint density at radius 1 is 1.31 bits per heavy atom. The summed E-state index contributed by atoms with van der Waals surface area (Å²) in [7, 11) is 1.99. The van der Waals surface area contributed by atoms with Gasteiger partial charge in [-0.3, -0.25) is 4.68 Å². The normalized spacial score (nSPS) is 20.6. The molecule has 1 atom stereocenters. The van der Waals surface area contributed by atoms with E-state index in [1.807, 2.05) is 13.2 Å². The molecule has 1 aromatic rings. The second-order valence-corrected chi connectivity index (χ2v) is 4.91. The van der Waals surface area contributed by atoms with Gasteiger partial charge < -0.3 is 5.32 Å². The molecule has 90 valence electrons. The van der Waals surface area contributed by atoms with E-state index in [9.17, 15) is 0 Å². The molecule has 0 aromatic carbocycles. The van der Waals surface area contributed by atoms with E-state index >= 15 is 0 Å². The highest BCUT2D eigenvalue weighted by Gasteiger charge is 2.15. The van der Waals surface area contributed by atoms with Crippen LogP contribution in [-0.2, 0) is 0 Å². The summed E-state index contributed by atoms with van der Waals surface area (Å²) in [4.78, 5) is 0. The van der Waals surface area contributed by atoms with Gasteiger partial charge in [-0.25, -0.2) is 0 Å². The number of rotatable bonds is 3. The van der Waals surface area contributed by atoms with Crippen LogP contribution in [0.2, 0.25) is 0 Å². The van der Waals surface area contributed by atoms with E-state index in [1.165, 1.54) is 44.1 Å². The van der Waals surface area contributed by atoms with Crippen LogP contribution in [0.3, 0.4) is 0 Å². The Labute approximate surface area is 98.2 Å². The Bertz CT molecular complexity index is 311. The van der Waals surface area contributed by atoms with Crippen LogP contribution < -0.4 is 5.32 Å². The van der Waals surface area contributed by atoms with E-state index in [1.54, 1.807) is 0 Å². The third kappa shape index (κ3) is 2.64. The topological polar surface area (TPSA) is 29.9 Å². The Morgan fingerprint density at radius 2 is 2.00 bits per heavy atom. The molecular weight excluding hydrogens is 198 g/mol. The lowest BCUT2D eigenvalue weighted by atomic mass is 10.1. The highest BCUT2D eigenvalue weighted by atomic mass is 15.3. The van der Waals surface area contributed by atoms with E-state index in [4.69, 9.17) is 0 Å². The average molecular weight is 221 g/mol. The first kappa shape index (κ1) is 11.6. The Kier molecular flexibility index (Phi) is 3.99. The molecule has 0 amide bonds. The van der Waals surface area contributed by atoms with Crippen molar-refractivity contribution in [3.05, 3.63) is 18.0 Å². The van der Waals surface area contributed by atoms with Gasteiger partial charge in [0.2, 0.25) is 0 Å². The maximum absolute atomic E-state index is 4.53. The molecule has 0 saturated heterocycles. The smallest absolute Gasteiger partial charge is 0.0537 e. The van der Waals surface area contributed by atoms with Crippen molar-refractivity contribution in [1.29, 1.82) is 0 Å². The van der Waals surface area contributed by atoms with Crippen LogP contribution in [0, 0.1) is 0 Å². The van der Waals surface area contributed by atoms with Crippen LogP contribution in [-0.4, -0.2) is 16.8 Å². The number of nitrogens with zero attached hydrogens (tertiary/aromatic N) is 2. The van der Waals surface area contributed by atoms with Crippen LogP contribution in [0.15, 0.2) is 12.4 Å². The molecule has 1 saturated carbocycles. The monoisotopic (exact) mass is 221 g/mol. The molecule has 1 unspecified atom stereocenters. The number of hydrogen-bond donors (Lipinski definition) is 1. The van der Waals surface area contributed by atoms with Crippen LogP contribution >= 0.6 is 0 Å². The molecule has 1 aliphatic rings. The quantitative estimate of drug-likeness (QED) is 0.795. The molecule has 2 rings (SSSR count). The average Bonchev–Trinajstić information content (AvgIpc) is 2.64. The SMILES string of the molecule is CNC(C)c1cnn(C2CCCCCC2)c1. The molecule has 1 fully saturated rings. The summed E-state index contributed by atoms with van der Waals surface area (Å²) in [6, 6.07) is 1.04. The fourth-order valence-electron chi connectivity index (χ4n) is 2.47. The molecule has 1 aromatic heterocycles. The minimum atomic E-state index is 0.402. The second kappa shape index (κ2) is 5.48. The van der Waals surface area contributed by atoms with E-state index in [2.05, 4.69) is 28.2 Å². The molecule has 0 spiro atoms. The maximum atomic E-state index is 4.53. The van der Waals surface area contributed by atoms with E-state index in [0.717, 1.165) is 0 Å². The molecular formula is C13H23N3. The lowest BCUT2D eigenvalue weighted by Gasteiger charge is -2.14. The minimum Gasteiger partial charge on any atom is -0.313 e. The van der Waals surface area contributed by atoms with Gasteiger partial charge in [0.15, 0.2) is 0 Å². The molecule has 16 heavy (non-hydrogen) atoms. The lowest BCUT2D eigenvalue weighted by molar-refractivity contribution is 0.405. The maximum Gasteiger partial charge on any atom is 0.0537 e. The van der Waals surface area contributed by atoms with Crippen molar-refractivity contribution in [2.75, 3.05) is 7.05 Å². The highest BCUT2D eigenvalue weighted by Crippen LogP contribution is 2.27. The zero-order valence-corrected chi connectivity index (χ0v) is 10.4. The van der Waals surface area contributed by atoms with Gasteiger partial charge in [0.05, 0.1) is 12.2 Å². The van der Waals surface area contributed by atoms with E-state index in [0.29, 0.717) is 12.1 Å². The van der Waals surface area contributed by atoms with E-state index < -0.39 is 0 Å². The Hall–Kier alpha value is -0.830. The molecule has 1 aliphatic carbocycles. The second-order valence-electron chi connectivity index (χ2n) is 4.91. The summed E-state index contributed by atoms with van der Waals surface area (Å²) in [5.41, 5.74) is 1.30. The number of aromatic nitrogens is 2. The van der Waals surface area contributed by atoms with Gasteiger partial charge in [-0.2, -0.15) is 5.10 Å². The Balaban J connectivity index is 2.05. The van der Waals surface area contributed by atoms with Gasteiger partial charge in [-0.05, 0) is 26.8 Å². The van der Waals surface area contributed by atoms with Gasteiger partial charge in [-0.1, -0.05) is 25.7 Å². The van der Waals surface area contributed by atoms with Crippen molar-refractivity contribution in [1.82, 2.24) is 15.1 Å².